The van der Waals surface area contributed by atoms with Crippen LogP contribution in [0.4, 0.5) is 0 Å². The standard InChI is InChI=1S/C23H38O4/c1-15(2)16-7-9-18-17(13-16)8-10-19-22(18,3)11-6-12-23(19,4)21(25)27-14-20(24)26-5/h15-19H,6-14H2,1-5H3/t16?,17?,18-,19?,22-,23+/m1/s1. The summed E-state index contributed by atoms with van der Waals surface area (Å²) < 4.78 is 10.0. The van der Waals surface area contributed by atoms with Crippen molar-refractivity contribution in [2.75, 3.05) is 13.7 Å². The molecule has 0 aromatic heterocycles. The predicted molar refractivity (Wildman–Crippen MR) is 105 cm³/mol. The Balaban J connectivity index is 1.77. The van der Waals surface area contributed by atoms with Crippen LogP contribution in [0.15, 0.2) is 0 Å². The molecule has 0 bridgehead atoms. The van der Waals surface area contributed by atoms with Crippen LogP contribution in [-0.2, 0) is 19.1 Å². The smallest absolute Gasteiger partial charge is 0.344 e. The maximum Gasteiger partial charge on any atom is 0.344 e. The van der Waals surface area contributed by atoms with Gasteiger partial charge in [0.05, 0.1) is 12.5 Å². The van der Waals surface area contributed by atoms with Crippen molar-refractivity contribution >= 4 is 11.9 Å². The van der Waals surface area contributed by atoms with Gasteiger partial charge < -0.3 is 9.47 Å². The van der Waals surface area contributed by atoms with Gasteiger partial charge >= 0.3 is 11.9 Å². The lowest BCUT2D eigenvalue weighted by atomic mass is 9.43. The van der Waals surface area contributed by atoms with E-state index in [1.54, 1.807) is 0 Å². The number of carbonyl (C=O) groups is 2. The van der Waals surface area contributed by atoms with Crippen LogP contribution in [0.5, 0.6) is 0 Å². The zero-order valence-corrected chi connectivity index (χ0v) is 17.9. The molecule has 0 spiro atoms. The topological polar surface area (TPSA) is 52.6 Å². The van der Waals surface area contributed by atoms with Crippen LogP contribution in [0.3, 0.4) is 0 Å². The molecule has 0 amide bonds. The van der Waals surface area contributed by atoms with Gasteiger partial charge in [-0.25, -0.2) is 4.79 Å². The van der Waals surface area contributed by atoms with Crippen LogP contribution in [0.2, 0.25) is 0 Å². The van der Waals surface area contributed by atoms with E-state index in [1.807, 2.05) is 0 Å². The van der Waals surface area contributed by atoms with Crippen LogP contribution in [0.25, 0.3) is 0 Å². The average molecular weight is 379 g/mol. The van der Waals surface area contributed by atoms with E-state index in [0.717, 1.165) is 42.9 Å². The summed E-state index contributed by atoms with van der Waals surface area (Å²) in [7, 11) is 1.32. The highest BCUT2D eigenvalue weighted by atomic mass is 16.6. The van der Waals surface area contributed by atoms with Gasteiger partial charge in [-0.05, 0) is 86.9 Å². The van der Waals surface area contributed by atoms with Crippen molar-refractivity contribution in [3.05, 3.63) is 0 Å². The Morgan fingerprint density at radius 1 is 1.07 bits per heavy atom. The van der Waals surface area contributed by atoms with Gasteiger partial charge in [0.25, 0.3) is 0 Å². The van der Waals surface area contributed by atoms with Gasteiger partial charge in [-0.1, -0.05) is 27.2 Å². The van der Waals surface area contributed by atoms with E-state index < -0.39 is 11.4 Å². The van der Waals surface area contributed by atoms with Crippen molar-refractivity contribution in [3.8, 4) is 0 Å². The zero-order chi connectivity index (χ0) is 19.8. The third-order valence-corrected chi connectivity index (χ3v) is 8.63. The molecule has 4 nitrogen and oxygen atoms in total. The molecule has 0 saturated heterocycles. The van der Waals surface area contributed by atoms with Crippen LogP contribution >= 0.6 is 0 Å². The Kier molecular flexibility index (Phi) is 5.93. The highest BCUT2D eigenvalue weighted by molar-refractivity contribution is 5.80. The van der Waals surface area contributed by atoms with Crippen molar-refractivity contribution in [2.45, 2.75) is 79.1 Å². The Hall–Kier alpha value is -1.06. The molecule has 154 valence electrons. The minimum Gasteiger partial charge on any atom is -0.466 e. The molecule has 0 aromatic rings. The number of hydrogen-bond acceptors (Lipinski definition) is 4. The quantitative estimate of drug-likeness (QED) is 0.646. The molecule has 27 heavy (non-hydrogen) atoms. The predicted octanol–water partition coefficient (Wildman–Crippen LogP) is 5.00. The summed E-state index contributed by atoms with van der Waals surface area (Å²) in [5.41, 5.74) is -0.247. The minimum absolute atomic E-state index is 0.196. The minimum atomic E-state index is -0.485. The average Bonchev–Trinajstić information content (AvgIpc) is 2.65. The Labute approximate surface area is 164 Å². The molecule has 3 unspecified atom stereocenters. The summed E-state index contributed by atoms with van der Waals surface area (Å²) in [5, 5.41) is 0. The number of hydrogen-bond donors (Lipinski definition) is 0. The molecule has 0 radical (unpaired) electrons. The molecule has 0 N–H and O–H groups in total. The first kappa shape index (κ1) is 20.7. The highest BCUT2D eigenvalue weighted by Crippen LogP contribution is 2.64. The lowest BCUT2D eigenvalue weighted by Gasteiger charge is -2.61. The fraction of sp³-hybridized carbons (Fsp3) is 0.913. The third-order valence-electron chi connectivity index (χ3n) is 8.63. The molecule has 6 atom stereocenters. The maximum absolute atomic E-state index is 13.0. The van der Waals surface area contributed by atoms with Gasteiger partial charge in [-0.15, -0.1) is 0 Å². The summed E-state index contributed by atoms with van der Waals surface area (Å²) >= 11 is 0. The Morgan fingerprint density at radius 3 is 2.48 bits per heavy atom. The fourth-order valence-corrected chi connectivity index (χ4v) is 7.07. The van der Waals surface area contributed by atoms with Crippen molar-refractivity contribution in [3.63, 3.8) is 0 Å². The second-order valence-corrected chi connectivity index (χ2v) is 10.2. The van der Waals surface area contributed by atoms with Crippen molar-refractivity contribution in [1.29, 1.82) is 0 Å². The number of methoxy groups -OCH3 is 1. The second kappa shape index (κ2) is 7.75. The van der Waals surface area contributed by atoms with Gasteiger partial charge in [-0.3, -0.25) is 4.79 Å². The lowest BCUT2D eigenvalue weighted by molar-refractivity contribution is -0.182. The van der Waals surface area contributed by atoms with E-state index in [2.05, 4.69) is 32.4 Å². The number of rotatable bonds is 4. The summed E-state index contributed by atoms with van der Waals surface area (Å²) in [6.07, 6.45) is 9.56. The molecule has 4 heteroatoms. The molecule has 3 fully saturated rings. The van der Waals surface area contributed by atoms with E-state index in [0.29, 0.717) is 5.92 Å². The molecule has 3 rings (SSSR count). The van der Waals surface area contributed by atoms with Crippen molar-refractivity contribution in [2.24, 2.45) is 40.4 Å². The van der Waals surface area contributed by atoms with Gasteiger partial charge in [0.15, 0.2) is 6.61 Å². The summed E-state index contributed by atoms with van der Waals surface area (Å²) in [4.78, 5) is 24.4. The van der Waals surface area contributed by atoms with E-state index in [1.165, 1.54) is 39.2 Å². The largest absolute Gasteiger partial charge is 0.466 e. The first-order valence-electron chi connectivity index (χ1n) is 11.0. The summed E-state index contributed by atoms with van der Waals surface area (Å²) in [5.74, 6) is 2.88. The Bertz CT molecular complexity index is 571. The number of esters is 2. The number of fused-ring (bicyclic) bond motifs is 3. The summed E-state index contributed by atoms with van der Waals surface area (Å²) in [6, 6.07) is 0. The molecule has 0 aromatic carbocycles. The lowest BCUT2D eigenvalue weighted by Crippen LogP contribution is -2.56. The molecule has 3 aliphatic carbocycles. The van der Waals surface area contributed by atoms with Crippen LogP contribution < -0.4 is 0 Å². The van der Waals surface area contributed by atoms with Crippen LogP contribution in [-0.4, -0.2) is 25.7 Å². The van der Waals surface area contributed by atoms with E-state index in [4.69, 9.17) is 4.74 Å². The van der Waals surface area contributed by atoms with Gasteiger partial charge in [0.2, 0.25) is 0 Å². The SMILES string of the molecule is COC(=O)COC(=O)[C@@]1(C)CCC[C@@]2(C)C1CCC1CC(C(C)C)CC[C@H]12. The van der Waals surface area contributed by atoms with Gasteiger partial charge in [0, 0.05) is 0 Å². The summed E-state index contributed by atoms with van der Waals surface area (Å²) in [6.45, 7) is 9.01. The molecule has 3 aliphatic rings. The molecule has 3 saturated carbocycles. The van der Waals surface area contributed by atoms with Gasteiger partial charge in [0.1, 0.15) is 0 Å². The molecule has 0 aliphatic heterocycles. The monoisotopic (exact) mass is 378 g/mol. The van der Waals surface area contributed by atoms with E-state index >= 15 is 0 Å². The molecule has 0 heterocycles. The van der Waals surface area contributed by atoms with E-state index in [9.17, 15) is 9.59 Å². The third kappa shape index (κ3) is 3.65. The van der Waals surface area contributed by atoms with Crippen LogP contribution in [0, 0.1) is 40.4 Å². The highest BCUT2D eigenvalue weighted by Gasteiger charge is 2.59. The van der Waals surface area contributed by atoms with Crippen molar-refractivity contribution in [1.82, 2.24) is 0 Å². The fourth-order valence-electron chi connectivity index (χ4n) is 7.07. The zero-order valence-electron chi connectivity index (χ0n) is 17.9. The number of ether oxygens (including phenoxy) is 2. The first-order chi connectivity index (χ1) is 12.7. The van der Waals surface area contributed by atoms with Gasteiger partial charge in [-0.2, -0.15) is 0 Å². The van der Waals surface area contributed by atoms with E-state index in [-0.39, 0.29) is 18.0 Å². The first-order valence-corrected chi connectivity index (χ1v) is 11.0. The maximum atomic E-state index is 13.0. The number of carbonyl (C=O) groups excluding carboxylic acids is 2. The second-order valence-electron chi connectivity index (χ2n) is 10.2. The molecular formula is C23H38O4. The normalized spacial score (nSPS) is 41.4. The van der Waals surface area contributed by atoms with Crippen LogP contribution in [0.1, 0.15) is 79.1 Å². The van der Waals surface area contributed by atoms with Crippen molar-refractivity contribution < 1.29 is 19.1 Å². The molecular weight excluding hydrogens is 340 g/mol. The Morgan fingerprint density at radius 2 is 1.81 bits per heavy atom.